The molecule has 0 spiro atoms. The largest absolute Gasteiger partial charge is 0.507 e. The molecule has 1 atom stereocenters. The Kier molecular flexibility index (Phi) is 4.78. The van der Waals surface area contributed by atoms with Crippen LogP contribution in [0.5, 0.6) is 11.5 Å². The Bertz CT molecular complexity index is 1060. The van der Waals surface area contributed by atoms with E-state index in [0.717, 1.165) is 5.01 Å². The van der Waals surface area contributed by atoms with Gasteiger partial charge in [-0.25, -0.2) is 9.80 Å². The van der Waals surface area contributed by atoms with Crippen molar-refractivity contribution in [3.63, 3.8) is 0 Å². The number of urea groups is 1. The van der Waals surface area contributed by atoms with Crippen molar-refractivity contribution in [3.8, 4) is 11.5 Å². The first kappa shape index (κ1) is 19.3. The van der Waals surface area contributed by atoms with Gasteiger partial charge in [0.15, 0.2) is 0 Å². The average molecular weight is 408 g/mol. The van der Waals surface area contributed by atoms with Gasteiger partial charge in [0.1, 0.15) is 11.5 Å². The van der Waals surface area contributed by atoms with Crippen molar-refractivity contribution >= 4 is 17.8 Å². The Hall–Kier alpha value is -4.01. The lowest BCUT2D eigenvalue weighted by atomic mass is 9.96. The zero-order valence-electron chi connectivity index (χ0n) is 16.4. The van der Waals surface area contributed by atoms with E-state index >= 15 is 0 Å². The number of nitrogens with one attached hydrogen (secondary N) is 2. The Labute approximate surface area is 172 Å². The van der Waals surface area contributed by atoms with E-state index in [2.05, 4.69) is 10.7 Å². The van der Waals surface area contributed by atoms with Crippen molar-refractivity contribution in [2.45, 2.75) is 6.04 Å². The molecule has 0 radical (unpaired) electrons. The SMILES string of the molecule is COc1ccc([C@H]2NC(=O)N(C)C3=C2C(=O)N(NC(=O)c2ccccc2O)C3)cc1. The number of ether oxygens (including phenoxy) is 1. The van der Waals surface area contributed by atoms with E-state index in [1.165, 1.54) is 17.0 Å². The predicted octanol–water partition coefficient (Wildman–Crippen LogP) is 1.54. The number of carbonyl (C=O) groups excluding carboxylic acids is 3. The topological polar surface area (TPSA) is 111 Å². The summed E-state index contributed by atoms with van der Waals surface area (Å²) in [7, 11) is 3.12. The highest BCUT2D eigenvalue weighted by Crippen LogP contribution is 2.35. The van der Waals surface area contributed by atoms with Crippen LogP contribution in [0.4, 0.5) is 4.79 Å². The number of benzene rings is 2. The van der Waals surface area contributed by atoms with Gasteiger partial charge in [0.2, 0.25) is 0 Å². The third kappa shape index (κ3) is 3.20. The van der Waals surface area contributed by atoms with Crippen LogP contribution in [0.25, 0.3) is 0 Å². The number of aromatic hydroxyl groups is 1. The zero-order chi connectivity index (χ0) is 21.4. The zero-order valence-corrected chi connectivity index (χ0v) is 16.4. The van der Waals surface area contributed by atoms with Crippen molar-refractivity contribution in [2.75, 3.05) is 20.7 Å². The van der Waals surface area contributed by atoms with Crippen molar-refractivity contribution in [1.82, 2.24) is 20.7 Å². The summed E-state index contributed by atoms with van der Waals surface area (Å²) in [4.78, 5) is 39.5. The van der Waals surface area contributed by atoms with E-state index in [9.17, 15) is 19.5 Å². The minimum absolute atomic E-state index is 0.0318. The van der Waals surface area contributed by atoms with Crippen LogP contribution in [-0.2, 0) is 4.79 Å². The summed E-state index contributed by atoms with van der Waals surface area (Å²) in [5, 5.41) is 13.9. The minimum atomic E-state index is -0.658. The van der Waals surface area contributed by atoms with Crippen LogP contribution in [0.1, 0.15) is 22.0 Å². The van der Waals surface area contributed by atoms with Crippen LogP contribution in [0.2, 0.25) is 0 Å². The Morgan fingerprint density at radius 3 is 2.53 bits per heavy atom. The van der Waals surface area contributed by atoms with Crippen molar-refractivity contribution < 1.29 is 24.2 Å². The van der Waals surface area contributed by atoms with Gasteiger partial charge in [-0.3, -0.25) is 19.9 Å². The van der Waals surface area contributed by atoms with Gasteiger partial charge in [-0.1, -0.05) is 24.3 Å². The molecule has 0 aromatic heterocycles. The van der Waals surface area contributed by atoms with Crippen LogP contribution >= 0.6 is 0 Å². The number of phenolic OH excluding ortho intramolecular Hbond substituents is 1. The summed E-state index contributed by atoms with van der Waals surface area (Å²) in [5.41, 5.74) is 4.16. The van der Waals surface area contributed by atoms with E-state index in [1.54, 1.807) is 50.6 Å². The molecule has 9 nitrogen and oxygen atoms in total. The fraction of sp³-hybridized carbons (Fsp3) is 0.190. The standard InChI is InChI=1S/C21H20N4O5/c1-24-15-11-25(23-19(27)14-5-3-4-6-16(14)26)20(28)17(15)18(22-21(24)29)12-7-9-13(30-2)10-8-12/h3-10,18,26H,11H2,1-2H3,(H,22,29)(H,23,27)/t18-/m1/s1. The quantitative estimate of drug-likeness (QED) is 0.711. The number of hydrogen-bond acceptors (Lipinski definition) is 5. The molecule has 2 heterocycles. The van der Waals surface area contributed by atoms with Crippen molar-refractivity contribution in [2.24, 2.45) is 0 Å². The molecule has 2 aliphatic heterocycles. The van der Waals surface area contributed by atoms with Crippen LogP contribution in [0, 0.1) is 0 Å². The molecular weight excluding hydrogens is 388 g/mol. The van der Waals surface area contributed by atoms with Gasteiger partial charge in [0, 0.05) is 7.05 Å². The van der Waals surface area contributed by atoms with Gasteiger partial charge in [0.25, 0.3) is 11.8 Å². The second-order valence-electron chi connectivity index (χ2n) is 6.92. The summed E-state index contributed by atoms with van der Waals surface area (Å²) in [6.07, 6.45) is 0. The molecule has 4 rings (SSSR count). The van der Waals surface area contributed by atoms with Gasteiger partial charge in [-0.05, 0) is 29.8 Å². The maximum atomic E-state index is 13.1. The van der Waals surface area contributed by atoms with Gasteiger partial charge >= 0.3 is 6.03 Å². The van der Waals surface area contributed by atoms with Gasteiger partial charge in [0.05, 0.1) is 36.5 Å². The first-order chi connectivity index (χ1) is 14.4. The lowest BCUT2D eigenvalue weighted by molar-refractivity contribution is -0.127. The van der Waals surface area contributed by atoms with Gasteiger partial charge in [-0.15, -0.1) is 0 Å². The molecule has 9 heteroatoms. The molecule has 30 heavy (non-hydrogen) atoms. The van der Waals surface area contributed by atoms with Crippen LogP contribution < -0.4 is 15.5 Å². The van der Waals surface area contributed by atoms with Gasteiger partial charge in [-0.2, -0.15) is 0 Å². The Balaban J connectivity index is 1.62. The molecule has 2 aromatic carbocycles. The highest BCUT2D eigenvalue weighted by molar-refractivity contribution is 6.04. The summed E-state index contributed by atoms with van der Waals surface area (Å²) < 4.78 is 5.16. The third-order valence-corrected chi connectivity index (χ3v) is 5.19. The summed E-state index contributed by atoms with van der Waals surface area (Å²) >= 11 is 0. The molecule has 3 N–H and O–H groups in total. The predicted molar refractivity (Wildman–Crippen MR) is 106 cm³/mol. The first-order valence-corrected chi connectivity index (χ1v) is 9.22. The minimum Gasteiger partial charge on any atom is -0.507 e. The van der Waals surface area contributed by atoms with E-state index in [-0.39, 0.29) is 23.9 Å². The van der Waals surface area contributed by atoms with Crippen molar-refractivity contribution in [1.29, 1.82) is 0 Å². The molecule has 0 saturated heterocycles. The number of hydrogen-bond donors (Lipinski definition) is 3. The Morgan fingerprint density at radius 2 is 1.87 bits per heavy atom. The molecule has 2 aromatic rings. The number of amides is 4. The molecule has 0 unspecified atom stereocenters. The molecule has 4 amide bonds. The van der Waals surface area contributed by atoms with E-state index < -0.39 is 17.9 Å². The molecule has 0 aliphatic carbocycles. The first-order valence-electron chi connectivity index (χ1n) is 9.22. The number of likely N-dealkylation sites (N-methyl/N-ethyl adjacent to an activating group) is 1. The highest BCUT2D eigenvalue weighted by atomic mass is 16.5. The van der Waals surface area contributed by atoms with E-state index in [0.29, 0.717) is 22.6 Å². The number of nitrogens with zero attached hydrogens (tertiary/aromatic N) is 2. The molecule has 0 fully saturated rings. The number of para-hydroxylation sites is 1. The summed E-state index contributed by atoms with van der Waals surface area (Å²) in [6, 6.07) is 12.1. The van der Waals surface area contributed by atoms with Gasteiger partial charge < -0.3 is 15.2 Å². The number of carbonyl (C=O) groups is 3. The maximum absolute atomic E-state index is 13.1. The molecule has 0 saturated carbocycles. The summed E-state index contributed by atoms with van der Waals surface area (Å²) in [6.45, 7) is 0.0318. The average Bonchev–Trinajstić information content (AvgIpc) is 3.07. The van der Waals surface area contributed by atoms with E-state index in [4.69, 9.17) is 4.74 Å². The number of phenols is 1. The fourth-order valence-corrected chi connectivity index (χ4v) is 3.55. The summed E-state index contributed by atoms with van der Waals surface area (Å²) in [5.74, 6) is -0.586. The lowest BCUT2D eigenvalue weighted by Crippen LogP contribution is -2.45. The second kappa shape index (κ2) is 7.43. The molecule has 2 aliphatic rings. The third-order valence-electron chi connectivity index (χ3n) is 5.19. The molecule has 154 valence electrons. The maximum Gasteiger partial charge on any atom is 0.322 e. The number of methoxy groups -OCH3 is 1. The number of rotatable bonds is 4. The number of hydrazine groups is 1. The normalized spacial score (nSPS) is 18.3. The second-order valence-corrected chi connectivity index (χ2v) is 6.92. The lowest BCUT2D eigenvalue weighted by Gasteiger charge is -2.31. The molecular formula is C21H20N4O5. The monoisotopic (exact) mass is 408 g/mol. The highest BCUT2D eigenvalue weighted by Gasteiger charge is 2.43. The van der Waals surface area contributed by atoms with Crippen LogP contribution in [0.15, 0.2) is 59.8 Å². The van der Waals surface area contributed by atoms with Crippen LogP contribution in [-0.4, -0.2) is 53.6 Å². The fourth-order valence-electron chi connectivity index (χ4n) is 3.55. The van der Waals surface area contributed by atoms with Crippen molar-refractivity contribution in [3.05, 3.63) is 70.9 Å². The Morgan fingerprint density at radius 1 is 1.17 bits per heavy atom. The van der Waals surface area contributed by atoms with E-state index in [1.807, 2.05) is 0 Å². The molecule has 0 bridgehead atoms. The van der Waals surface area contributed by atoms with Crippen LogP contribution in [0.3, 0.4) is 0 Å². The smallest absolute Gasteiger partial charge is 0.322 e.